The van der Waals surface area contributed by atoms with Gasteiger partial charge in [-0.05, 0) is 46.9 Å². The SMILES string of the molecule is O=C(Nc1cccc(C(=O)N[C@H]2CCO[C@H]2C(=O)O)c1)OCC1c2ccccc2-c2ccccc21. The molecule has 3 aromatic rings. The first-order valence-electron chi connectivity index (χ1n) is 11.4. The minimum atomic E-state index is -1.11. The second-order valence-corrected chi connectivity index (χ2v) is 8.53. The maximum atomic E-state index is 12.6. The molecule has 1 saturated heterocycles. The number of hydrogen-bond donors (Lipinski definition) is 3. The Morgan fingerprint density at radius 2 is 1.63 bits per heavy atom. The van der Waals surface area contributed by atoms with Crippen LogP contribution in [0.5, 0.6) is 0 Å². The Hall–Kier alpha value is -4.17. The zero-order valence-corrected chi connectivity index (χ0v) is 18.8. The number of anilines is 1. The molecule has 0 bridgehead atoms. The predicted molar refractivity (Wildman–Crippen MR) is 128 cm³/mol. The molecule has 0 saturated carbocycles. The highest BCUT2D eigenvalue weighted by atomic mass is 16.5. The number of fused-ring (bicyclic) bond motifs is 3. The summed E-state index contributed by atoms with van der Waals surface area (Å²) >= 11 is 0. The quantitative estimate of drug-likeness (QED) is 0.499. The molecule has 2 aliphatic rings. The van der Waals surface area contributed by atoms with Crippen molar-refractivity contribution in [2.75, 3.05) is 18.5 Å². The number of benzene rings is 3. The largest absolute Gasteiger partial charge is 0.479 e. The predicted octanol–water partition coefficient (Wildman–Crippen LogP) is 4.02. The summed E-state index contributed by atoms with van der Waals surface area (Å²) in [5, 5.41) is 14.6. The topological polar surface area (TPSA) is 114 Å². The molecule has 1 aliphatic heterocycles. The zero-order chi connectivity index (χ0) is 24.4. The Labute approximate surface area is 201 Å². The lowest BCUT2D eigenvalue weighted by molar-refractivity contribution is -0.148. The van der Waals surface area contributed by atoms with Crippen molar-refractivity contribution in [1.82, 2.24) is 5.32 Å². The highest BCUT2D eigenvalue weighted by Crippen LogP contribution is 2.44. The monoisotopic (exact) mass is 472 g/mol. The van der Waals surface area contributed by atoms with Gasteiger partial charge < -0.3 is 19.9 Å². The van der Waals surface area contributed by atoms with Gasteiger partial charge in [-0.1, -0.05) is 54.6 Å². The van der Waals surface area contributed by atoms with Crippen molar-refractivity contribution in [3.05, 3.63) is 89.5 Å². The summed E-state index contributed by atoms with van der Waals surface area (Å²) in [6.45, 7) is 0.448. The van der Waals surface area contributed by atoms with Crippen molar-refractivity contribution in [2.24, 2.45) is 0 Å². The van der Waals surface area contributed by atoms with Crippen LogP contribution in [0.25, 0.3) is 11.1 Å². The van der Waals surface area contributed by atoms with Crippen LogP contribution in [-0.2, 0) is 14.3 Å². The molecule has 3 N–H and O–H groups in total. The molecular weight excluding hydrogens is 448 g/mol. The van der Waals surface area contributed by atoms with E-state index >= 15 is 0 Å². The third-order valence-corrected chi connectivity index (χ3v) is 6.37. The van der Waals surface area contributed by atoms with E-state index in [4.69, 9.17) is 9.47 Å². The van der Waals surface area contributed by atoms with Gasteiger partial charge in [0.25, 0.3) is 5.91 Å². The van der Waals surface area contributed by atoms with E-state index in [1.807, 2.05) is 36.4 Å². The molecule has 0 radical (unpaired) electrons. The number of hydrogen-bond acceptors (Lipinski definition) is 5. The lowest BCUT2D eigenvalue weighted by atomic mass is 9.98. The van der Waals surface area contributed by atoms with Gasteiger partial charge in [0.15, 0.2) is 6.10 Å². The van der Waals surface area contributed by atoms with Gasteiger partial charge in [-0.3, -0.25) is 10.1 Å². The molecular formula is C27H24N2O6. The summed E-state index contributed by atoms with van der Waals surface area (Å²) in [4.78, 5) is 36.5. The fraction of sp³-hybridized carbons (Fsp3) is 0.222. The Morgan fingerprint density at radius 3 is 2.31 bits per heavy atom. The number of rotatable bonds is 6. The fourth-order valence-corrected chi connectivity index (χ4v) is 4.72. The van der Waals surface area contributed by atoms with E-state index < -0.39 is 30.1 Å². The standard InChI is InChI=1S/C27H24N2O6/c30-25(29-23-12-13-34-24(23)26(31)32)16-6-5-7-17(14-16)28-27(33)35-15-22-20-10-3-1-8-18(20)19-9-2-4-11-21(19)22/h1-11,14,22-24H,12-13,15H2,(H,28,33)(H,29,30)(H,31,32)/t23-,24+/m0/s1. The first-order valence-corrected chi connectivity index (χ1v) is 11.4. The average Bonchev–Trinajstić information content (AvgIpc) is 3.45. The molecule has 1 heterocycles. The van der Waals surface area contributed by atoms with Gasteiger partial charge in [-0.25, -0.2) is 9.59 Å². The molecule has 5 rings (SSSR count). The normalized spacial score (nSPS) is 18.4. The van der Waals surface area contributed by atoms with Crippen LogP contribution in [0.2, 0.25) is 0 Å². The van der Waals surface area contributed by atoms with E-state index in [0.29, 0.717) is 12.1 Å². The second-order valence-electron chi connectivity index (χ2n) is 8.53. The maximum absolute atomic E-state index is 12.6. The average molecular weight is 472 g/mol. The Morgan fingerprint density at radius 1 is 0.943 bits per heavy atom. The smallest absolute Gasteiger partial charge is 0.411 e. The molecule has 35 heavy (non-hydrogen) atoms. The number of amides is 2. The Balaban J connectivity index is 1.22. The summed E-state index contributed by atoms with van der Waals surface area (Å²) < 4.78 is 10.7. The molecule has 8 nitrogen and oxygen atoms in total. The molecule has 2 amide bonds. The van der Waals surface area contributed by atoms with Crippen molar-refractivity contribution in [1.29, 1.82) is 0 Å². The summed E-state index contributed by atoms with van der Waals surface area (Å²) in [6, 6.07) is 22.0. The number of carboxylic acid groups (broad SMARTS) is 1. The number of aliphatic carboxylic acids is 1. The van der Waals surface area contributed by atoms with Crippen LogP contribution in [0.15, 0.2) is 72.8 Å². The number of carbonyl (C=O) groups is 3. The summed E-state index contributed by atoms with van der Waals surface area (Å²) in [5.74, 6) is -1.61. The summed E-state index contributed by atoms with van der Waals surface area (Å²) in [6.07, 6.45) is -1.28. The lowest BCUT2D eigenvalue weighted by Gasteiger charge is -2.17. The Bertz CT molecular complexity index is 1240. The van der Waals surface area contributed by atoms with E-state index in [1.165, 1.54) is 6.07 Å². The minimum Gasteiger partial charge on any atom is -0.479 e. The van der Waals surface area contributed by atoms with Gasteiger partial charge in [0.2, 0.25) is 0 Å². The van der Waals surface area contributed by atoms with Crippen LogP contribution in [0.1, 0.15) is 33.8 Å². The lowest BCUT2D eigenvalue weighted by Crippen LogP contribution is -2.44. The molecule has 0 spiro atoms. The van der Waals surface area contributed by atoms with Crippen LogP contribution in [0.3, 0.4) is 0 Å². The van der Waals surface area contributed by atoms with E-state index in [9.17, 15) is 19.5 Å². The van der Waals surface area contributed by atoms with Gasteiger partial charge in [0, 0.05) is 23.8 Å². The van der Waals surface area contributed by atoms with Crippen molar-refractivity contribution in [3.63, 3.8) is 0 Å². The molecule has 0 aromatic heterocycles. The van der Waals surface area contributed by atoms with Crippen molar-refractivity contribution >= 4 is 23.7 Å². The van der Waals surface area contributed by atoms with Crippen LogP contribution in [0.4, 0.5) is 10.5 Å². The Kier molecular flexibility index (Phi) is 6.20. The zero-order valence-electron chi connectivity index (χ0n) is 18.8. The van der Waals surface area contributed by atoms with Crippen molar-refractivity contribution in [2.45, 2.75) is 24.5 Å². The highest BCUT2D eigenvalue weighted by Gasteiger charge is 2.35. The number of carboxylic acids is 1. The molecule has 0 unspecified atom stereocenters. The molecule has 178 valence electrons. The number of ether oxygens (including phenoxy) is 2. The van der Waals surface area contributed by atoms with E-state index in [-0.39, 0.29) is 24.7 Å². The second kappa shape index (κ2) is 9.60. The van der Waals surface area contributed by atoms with Crippen molar-refractivity contribution in [3.8, 4) is 11.1 Å². The van der Waals surface area contributed by atoms with E-state index in [1.54, 1.807) is 18.2 Å². The van der Waals surface area contributed by atoms with Crippen LogP contribution in [-0.4, -0.2) is 48.4 Å². The fourth-order valence-electron chi connectivity index (χ4n) is 4.72. The van der Waals surface area contributed by atoms with Crippen LogP contribution >= 0.6 is 0 Å². The van der Waals surface area contributed by atoms with Gasteiger partial charge in [-0.2, -0.15) is 0 Å². The van der Waals surface area contributed by atoms with Crippen LogP contribution in [0, 0.1) is 0 Å². The van der Waals surface area contributed by atoms with Gasteiger partial charge >= 0.3 is 12.1 Å². The van der Waals surface area contributed by atoms with Gasteiger partial charge in [0.1, 0.15) is 6.61 Å². The first-order chi connectivity index (χ1) is 17.0. The third-order valence-electron chi connectivity index (χ3n) is 6.37. The van der Waals surface area contributed by atoms with Crippen molar-refractivity contribution < 1.29 is 29.0 Å². The highest BCUT2D eigenvalue weighted by molar-refractivity contribution is 5.96. The molecule has 8 heteroatoms. The van der Waals surface area contributed by atoms with Gasteiger partial charge in [0.05, 0.1) is 6.04 Å². The first kappa shape index (κ1) is 22.6. The number of nitrogens with one attached hydrogen (secondary N) is 2. The third kappa shape index (κ3) is 4.61. The van der Waals surface area contributed by atoms with E-state index in [2.05, 4.69) is 22.8 Å². The molecule has 1 aliphatic carbocycles. The number of carbonyl (C=O) groups excluding carboxylic acids is 2. The summed E-state index contributed by atoms with van der Waals surface area (Å²) in [5.41, 5.74) is 5.22. The molecule has 1 fully saturated rings. The maximum Gasteiger partial charge on any atom is 0.411 e. The molecule has 3 aromatic carbocycles. The van der Waals surface area contributed by atoms with Gasteiger partial charge in [-0.15, -0.1) is 0 Å². The van der Waals surface area contributed by atoms with Crippen LogP contribution < -0.4 is 10.6 Å². The minimum absolute atomic E-state index is 0.0546. The molecule has 2 atom stereocenters. The summed E-state index contributed by atoms with van der Waals surface area (Å²) in [7, 11) is 0. The van der Waals surface area contributed by atoms with E-state index in [0.717, 1.165) is 22.3 Å².